The highest BCUT2D eigenvalue weighted by Crippen LogP contribution is 2.28. The van der Waals surface area contributed by atoms with Gasteiger partial charge in [0.2, 0.25) is 0 Å². The van der Waals surface area contributed by atoms with Crippen molar-refractivity contribution in [3.8, 4) is 0 Å². The molecule has 0 nitrogen and oxygen atoms in total. The summed E-state index contributed by atoms with van der Waals surface area (Å²) in [6.07, 6.45) is 8.46. The Morgan fingerprint density at radius 3 is 2.89 bits per heavy atom. The molecular weight excluding hydrogens is 108 g/mol. The molecule has 0 fully saturated rings. The first kappa shape index (κ1) is 6.85. The minimum Gasteiger partial charge on any atom is -0.0879 e. The SMILES string of the molecule is CCC(C)[C]1C=CCC1. The normalized spacial score (nSPS) is 22.9. The smallest absolute Gasteiger partial charge is 0.000375 e. The average Bonchev–Trinajstić information content (AvgIpc) is 2.37. The largest absolute Gasteiger partial charge is 0.0879 e. The number of hydrogen-bond acceptors (Lipinski definition) is 0. The van der Waals surface area contributed by atoms with Crippen LogP contribution in [0.5, 0.6) is 0 Å². The number of rotatable bonds is 2. The third kappa shape index (κ3) is 1.57. The van der Waals surface area contributed by atoms with Gasteiger partial charge in [0.15, 0.2) is 0 Å². The van der Waals surface area contributed by atoms with Crippen molar-refractivity contribution in [1.29, 1.82) is 0 Å². The summed E-state index contributed by atoms with van der Waals surface area (Å²) in [5.41, 5.74) is 0. The van der Waals surface area contributed by atoms with Crippen LogP contribution in [-0.2, 0) is 0 Å². The van der Waals surface area contributed by atoms with Gasteiger partial charge in [-0.1, -0.05) is 32.4 Å². The van der Waals surface area contributed by atoms with Crippen LogP contribution in [-0.4, -0.2) is 0 Å². The van der Waals surface area contributed by atoms with Crippen LogP contribution in [0.25, 0.3) is 0 Å². The van der Waals surface area contributed by atoms with Gasteiger partial charge in [-0.15, -0.1) is 0 Å². The molecule has 0 aromatic rings. The summed E-state index contributed by atoms with van der Waals surface area (Å²) in [5, 5.41) is 0. The summed E-state index contributed by atoms with van der Waals surface area (Å²) >= 11 is 0. The van der Waals surface area contributed by atoms with E-state index in [1.54, 1.807) is 5.92 Å². The van der Waals surface area contributed by atoms with Gasteiger partial charge in [-0.2, -0.15) is 0 Å². The van der Waals surface area contributed by atoms with E-state index in [4.69, 9.17) is 0 Å². The van der Waals surface area contributed by atoms with Crippen LogP contribution in [0, 0.1) is 11.8 Å². The molecule has 0 aliphatic heterocycles. The lowest BCUT2D eigenvalue weighted by Crippen LogP contribution is -2.01. The first-order chi connectivity index (χ1) is 4.34. The Labute approximate surface area is 58.0 Å². The van der Waals surface area contributed by atoms with Gasteiger partial charge in [0.05, 0.1) is 0 Å². The summed E-state index contributed by atoms with van der Waals surface area (Å²) < 4.78 is 0. The van der Waals surface area contributed by atoms with Gasteiger partial charge in [-0.05, 0) is 18.8 Å². The first-order valence-corrected chi connectivity index (χ1v) is 3.87. The van der Waals surface area contributed by atoms with Crippen molar-refractivity contribution in [2.45, 2.75) is 33.1 Å². The average molecular weight is 123 g/mol. The molecule has 0 saturated heterocycles. The zero-order valence-electron chi connectivity index (χ0n) is 6.35. The lowest BCUT2D eigenvalue weighted by Gasteiger charge is -2.13. The monoisotopic (exact) mass is 123 g/mol. The first-order valence-electron chi connectivity index (χ1n) is 3.87. The van der Waals surface area contributed by atoms with Gasteiger partial charge in [0, 0.05) is 5.92 Å². The van der Waals surface area contributed by atoms with Gasteiger partial charge >= 0.3 is 0 Å². The van der Waals surface area contributed by atoms with Crippen LogP contribution in [0.1, 0.15) is 33.1 Å². The van der Waals surface area contributed by atoms with E-state index in [2.05, 4.69) is 26.0 Å². The molecule has 0 heteroatoms. The molecule has 0 amide bonds. The Kier molecular flexibility index (Phi) is 2.32. The highest BCUT2D eigenvalue weighted by molar-refractivity contribution is 5.18. The highest BCUT2D eigenvalue weighted by Gasteiger charge is 2.15. The second-order valence-corrected chi connectivity index (χ2v) is 2.83. The fourth-order valence-corrected chi connectivity index (χ4v) is 1.24. The quantitative estimate of drug-likeness (QED) is 0.529. The van der Waals surface area contributed by atoms with E-state index in [0.717, 1.165) is 5.92 Å². The van der Waals surface area contributed by atoms with Crippen LogP contribution in [0.15, 0.2) is 12.2 Å². The maximum Gasteiger partial charge on any atom is 0.000375 e. The van der Waals surface area contributed by atoms with E-state index >= 15 is 0 Å². The van der Waals surface area contributed by atoms with E-state index in [-0.39, 0.29) is 0 Å². The van der Waals surface area contributed by atoms with Gasteiger partial charge in [-0.3, -0.25) is 0 Å². The molecule has 0 saturated carbocycles. The van der Waals surface area contributed by atoms with Crippen LogP contribution >= 0.6 is 0 Å². The molecule has 1 aliphatic rings. The molecule has 0 bridgehead atoms. The summed E-state index contributed by atoms with van der Waals surface area (Å²) in [6, 6.07) is 0. The highest BCUT2D eigenvalue weighted by atomic mass is 14.2. The summed E-state index contributed by atoms with van der Waals surface area (Å²) in [5.74, 6) is 2.47. The molecule has 9 heavy (non-hydrogen) atoms. The van der Waals surface area contributed by atoms with Crippen molar-refractivity contribution in [2.75, 3.05) is 0 Å². The van der Waals surface area contributed by atoms with E-state index < -0.39 is 0 Å². The predicted molar refractivity (Wildman–Crippen MR) is 41.1 cm³/mol. The lowest BCUT2D eigenvalue weighted by atomic mass is 9.92. The topological polar surface area (TPSA) is 0 Å². The van der Waals surface area contributed by atoms with Gasteiger partial charge in [0.25, 0.3) is 0 Å². The molecular formula is C9H15. The van der Waals surface area contributed by atoms with Crippen molar-refractivity contribution in [3.63, 3.8) is 0 Å². The molecule has 1 aliphatic carbocycles. The van der Waals surface area contributed by atoms with Crippen molar-refractivity contribution >= 4 is 0 Å². The fraction of sp³-hybridized carbons (Fsp3) is 0.667. The minimum absolute atomic E-state index is 0.823. The lowest BCUT2D eigenvalue weighted by molar-refractivity contribution is 0.579. The van der Waals surface area contributed by atoms with Crippen molar-refractivity contribution in [3.05, 3.63) is 18.1 Å². The molecule has 51 valence electrons. The van der Waals surface area contributed by atoms with Crippen LogP contribution in [0.4, 0.5) is 0 Å². The Morgan fingerprint density at radius 2 is 2.44 bits per heavy atom. The maximum atomic E-state index is 2.31. The third-order valence-electron chi connectivity index (χ3n) is 2.18. The molecule has 1 radical (unpaired) electrons. The number of allylic oxidation sites excluding steroid dienone is 2. The summed E-state index contributed by atoms with van der Waals surface area (Å²) in [7, 11) is 0. The maximum absolute atomic E-state index is 2.31. The van der Waals surface area contributed by atoms with E-state index in [1.165, 1.54) is 19.3 Å². The zero-order chi connectivity index (χ0) is 6.69. The predicted octanol–water partition coefficient (Wildman–Crippen LogP) is 2.96. The number of hydrogen-bond donors (Lipinski definition) is 0. The molecule has 1 rings (SSSR count). The van der Waals surface area contributed by atoms with Gasteiger partial charge in [-0.25, -0.2) is 0 Å². The summed E-state index contributed by atoms with van der Waals surface area (Å²) in [6.45, 7) is 4.56. The Hall–Kier alpha value is -0.260. The third-order valence-corrected chi connectivity index (χ3v) is 2.18. The van der Waals surface area contributed by atoms with Crippen molar-refractivity contribution in [1.82, 2.24) is 0 Å². The van der Waals surface area contributed by atoms with Crippen molar-refractivity contribution < 1.29 is 0 Å². The molecule has 1 atom stereocenters. The molecule has 0 heterocycles. The molecule has 0 N–H and O–H groups in total. The summed E-state index contributed by atoms with van der Waals surface area (Å²) in [4.78, 5) is 0. The second-order valence-electron chi connectivity index (χ2n) is 2.83. The van der Waals surface area contributed by atoms with Crippen LogP contribution in [0.2, 0.25) is 0 Å². The molecule has 0 spiro atoms. The zero-order valence-corrected chi connectivity index (χ0v) is 6.35. The fourth-order valence-electron chi connectivity index (χ4n) is 1.24. The van der Waals surface area contributed by atoms with Gasteiger partial charge in [0.1, 0.15) is 0 Å². The molecule has 0 aromatic heterocycles. The Bertz CT molecular complexity index is 103. The molecule has 0 aromatic carbocycles. The standard InChI is InChI=1S/C9H15/c1-3-8(2)9-6-4-5-7-9/h4,6,8H,3,5,7H2,1-2H3. The Morgan fingerprint density at radius 1 is 1.67 bits per heavy atom. The molecule has 1 unspecified atom stereocenters. The van der Waals surface area contributed by atoms with Gasteiger partial charge < -0.3 is 0 Å². The van der Waals surface area contributed by atoms with Crippen LogP contribution < -0.4 is 0 Å². The van der Waals surface area contributed by atoms with E-state index in [9.17, 15) is 0 Å². The Balaban J connectivity index is 2.33. The van der Waals surface area contributed by atoms with Crippen LogP contribution in [0.3, 0.4) is 0 Å². The van der Waals surface area contributed by atoms with E-state index in [0.29, 0.717) is 0 Å². The van der Waals surface area contributed by atoms with E-state index in [1.807, 2.05) is 0 Å². The van der Waals surface area contributed by atoms with Crippen molar-refractivity contribution in [2.24, 2.45) is 5.92 Å². The second kappa shape index (κ2) is 3.05. The minimum atomic E-state index is 0.823.